The van der Waals surface area contributed by atoms with Crippen molar-refractivity contribution in [1.82, 2.24) is 0 Å². The summed E-state index contributed by atoms with van der Waals surface area (Å²) in [6, 6.07) is 0. The molecular formula is C10H21ClO2S. The Labute approximate surface area is 93.0 Å². The predicted molar refractivity (Wildman–Crippen MR) is 62.7 cm³/mol. The van der Waals surface area contributed by atoms with Gasteiger partial charge in [-0.25, -0.2) is 8.42 Å². The van der Waals surface area contributed by atoms with E-state index in [1.165, 1.54) is 6.26 Å². The van der Waals surface area contributed by atoms with Crippen LogP contribution >= 0.6 is 11.6 Å². The first-order valence-electron chi connectivity index (χ1n) is 5.13. The van der Waals surface area contributed by atoms with Crippen molar-refractivity contribution in [2.75, 3.05) is 17.9 Å². The third-order valence-electron chi connectivity index (χ3n) is 3.01. The third kappa shape index (κ3) is 5.20. The second kappa shape index (κ2) is 5.96. The van der Waals surface area contributed by atoms with Crippen LogP contribution in [-0.2, 0) is 9.84 Å². The molecule has 0 saturated heterocycles. The van der Waals surface area contributed by atoms with Crippen LogP contribution in [0.1, 0.15) is 39.5 Å². The Morgan fingerprint density at radius 3 is 2.00 bits per heavy atom. The Hall–Kier alpha value is 0.240. The van der Waals surface area contributed by atoms with Crippen molar-refractivity contribution in [3.63, 3.8) is 0 Å². The van der Waals surface area contributed by atoms with Gasteiger partial charge in [0, 0.05) is 17.9 Å². The summed E-state index contributed by atoms with van der Waals surface area (Å²) in [6.07, 6.45) is 4.98. The summed E-state index contributed by atoms with van der Waals surface area (Å²) in [5, 5.41) is 0. The van der Waals surface area contributed by atoms with Crippen molar-refractivity contribution < 1.29 is 8.42 Å². The smallest absolute Gasteiger partial charge is 0.147 e. The Morgan fingerprint density at radius 1 is 1.21 bits per heavy atom. The lowest BCUT2D eigenvalue weighted by Crippen LogP contribution is -2.22. The van der Waals surface area contributed by atoms with Crippen LogP contribution in [0.15, 0.2) is 0 Å². The van der Waals surface area contributed by atoms with Gasteiger partial charge < -0.3 is 0 Å². The van der Waals surface area contributed by atoms with Gasteiger partial charge in [-0.15, -0.1) is 11.6 Å². The highest BCUT2D eigenvalue weighted by Crippen LogP contribution is 2.33. The van der Waals surface area contributed by atoms with E-state index in [0.717, 1.165) is 25.7 Å². The summed E-state index contributed by atoms with van der Waals surface area (Å²) in [5.41, 5.74) is 0.145. The predicted octanol–water partition coefficient (Wildman–Crippen LogP) is 2.86. The third-order valence-corrected chi connectivity index (χ3v) is 4.60. The van der Waals surface area contributed by atoms with Crippen molar-refractivity contribution in [2.45, 2.75) is 39.5 Å². The number of alkyl halides is 1. The molecule has 14 heavy (non-hydrogen) atoms. The molecule has 0 fully saturated rings. The molecule has 0 radical (unpaired) electrons. The van der Waals surface area contributed by atoms with Crippen LogP contribution in [0, 0.1) is 5.41 Å². The molecular weight excluding hydrogens is 220 g/mol. The van der Waals surface area contributed by atoms with Crippen molar-refractivity contribution in [3.05, 3.63) is 0 Å². The topological polar surface area (TPSA) is 34.1 Å². The molecule has 0 unspecified atom stereocenters. The minimum absolute atomic E-state index is 0.145. The van der Waals surface area contributed by atoms with Gasteiger partial charge >= 0.3 is 0 Å². The van der Waals surface area contributed by atoms with Crippen molar-refractivity contribution in [2.24, 2.45) is 5.41 Å². The van der Waals surface area contributed by atoms with Crippen LogP contribution in [0.5, 0.6) is 0 Å². The van der Waals surface area contributed by atoms with Gasteiger partial charge in [0.1, 0.15) is 9.84 Å². The van der Waals surface area contributed by atoms with Crippen LogP contribution in [0.3, 0.4) is 0 Å². The van der Waals surface area contributed by atoms with Gasteiger partial charge in [-0.1, -0.05) is 13.8 Å². The zero-order chi connectivity index (χ0) is 11.2. The van der Waals surface area contributed by atoms with Gasteiger partial charge in [0.2, 0.25) is 0 Å². The highest BCUT2D eigenvalue weighted by molar-refractivity contribution is 7.90. The van der Waals surface area contributed by atoms with E-state index in [-0.39, 0.29) is 11.2 Å². The molecule has 0 N–H and O–H groups in total. The first kappa shape index (κ1) is 14.2. The van der Waals surface area contributed by atoms with E-state index in [9.17, 15) is 8.42 Å². The molecule has 0 rings (SSSR count). The maximum Gasteiger partial charge on any atom is 0.147 e. The average molecular weight is 241 g/mol. The van der Waals surface area contributed by atoms with E-state index in [1.54, 1.807) is 0 Å². The monoisotopic (exact) mass is 240 g/mol. The molecule has 0 saturated carbocycles. The quantitative estimate of drug-likeness (QED) is 0.642. The van der Waals surface area contributed by atoms with Crippen molar-refractivity contribution in [1.29, 1.82) is 0 Å². The number of hydrogen-bond acceptors (Lipinski definition) is 2. The fourth-order valence-electron chi connectivity index (χ4n) is 1.57. The Kier molecular flexibility index (Phi) is 6.06. The van der Waals surface area contributed by atoms with Gasteiger partial charge in [0.15, 0.2) is 0 Å². The molecule has 0 amide bonds. The van der Waals surface area contributed by atoms with Gasteiger partial charge in [0.05, 0.1) is 0 Å². The lowest BCUT2D eigenvalue weighted by Gasteiger charge is -2.29. The van der Waals surface area contributed by atoms with E-state index in [2.05, 4.69) is 13.8 Å². The molecule has 0 aromatic carbocycles. The molecule has 2 nitrogen and oxygen atoms in total. The lowest BCUT2D eigenvalue weighted by atomic mass is 9.80. The van der Waals surface area contributed by atoms with Gasteiger partial charge in [-0.05, 0) is 31.1 Å². The molecule has 0 aliphatic carbocycles. The minimum Gasteiger partial charge on any atom is -0.229 e. The van der Waals surface area contributed by atoms with Crippen molar-refractivity contribution >= 4 is 21.4 Å². The lowest BCUT2D eigenvalue weighted by molar-refractivity contribution is 0.276. The fourth-order valence-corrected chi connectivity index (χ4v) is 2.75. The molecule has 0 heterocycles. The van der Waals surface area contributed by atoms with Gasteiger partial charge in [-0.2, -0.15) is 0 Å². The highest BCUT2D eigenvalue weighted by Gasteiger charge is 2.24. The maximum absolute atomic E-state index is 10.9. The van der Waals surface area contributed by atoms with Crippen LogP contribution in [-0.4, -0.2) is 26.3 Å². The van der Waals surface area contributed by atoms with Gasteiger partial charge in [0.25, 0.3) is 0 Å². The van der Waals surface area contributed by atoms with E-state index >= 15 is 0 Å². The average Bonchev–Trinajstić information content (AvgIpc) is 2.11. The van der Waals surface area contributed by atoms with Gasteiger partial charge in [-0.3, -0.25) is 0 Å². The first-order valence-corrected chi connectivity index (χ1v) is 7.72. The van der Waals surface area contributed by atoms with E-state index in [4.69, 9.17) is 11.6 Å². The molecule has 86 valence electrons. The molecule has 0 spiro atoms. The minimum atomic E-state index is -2.81. The molecule has 0 bridgehead atoms. The molecule has 0 aliphatic heterocycles. The summed E-state index contributed by atoms with van der Waals surface area (Å²) in [4.78, 5) is 0. The van der Waals surface area contributed by atoms with E-state index in [0.29, 0.717) is 5.88 Å². The molecule has 4 heteroatoms. The SMILES string of the molecule is CCC(CC)(CCl)CCCS(C)(=O)=O. The van der Waals surface area contributed by atoms with E-state index < -0.39 is 9.84 Å². The normalized spacial score (nSPS) is 13.1. The fraction of sp³-hybridized carbons (Fsp3) is 1.00. The summed E-state index contributed by atoms with van der Waals surface area (Å²) in [6.45, 7) is 4.23. The first-order chi connectivity index (χ1) is 6.39. The number of rotatable bonds is 7. The molecule has 0 aromatic heterocycles. The van der Waals surface area contributed by atoms with Crippen LogP contribution < -0.4 is 0 Å². The molecule has 0 aliphatic rings. The number of hydrogen-bond donors (Lipinski definition) is 0. The second-order valence-electron chi connectivity index (χ2n) is 4.07. The van der Waals surface area contributed by atoms with Crippen LogP contribution in [0.25, 0.3) is 0 Å². The van der Waals surface area contributed by atoms with E-state index in [1.807, 2.05) is 0 Å². The second-order valence-corrected chi connectivity index (χ2v) is 6.60. The highest BCUT2D eigenvalue weighted by atomic mass is 35.5. The zero-order valence-corrected chi connectivity index (χ0v) is 10.9. The summed E-state index contributed by atoms with van der Waals surface area (Å²) in [7, 11) is -2.81. The largest absolute Gasteiger partial charge is 0.229 e. The number of halogens is 1. The Bertz CT molecular complexity index is 235. The Morgan fingerprint density at radius 2 is 1.71 bits per heavy atom. The summed E-state index contributed by atoms with van der Waals surface area (Å²) >= 11 is 5.93. The van der Waals surface area contributed by atoms with Crippen LogP contribution in [0.4, 0.5) is 0 Å². The van der Waals surface area contributed by atoms with Crippen molar-refractivity contribution in [3.8, 4) is 0 Å². The zero-order valence-electron chi connectivity index (χ0n) is 9.35. The maximum atomic E-state index is 10.9. The summed E-state index contributed by atoms with van der Waals surface area (Å²) < 4.78 is 21.9. The standard InChI is InChI=1S/C10H21ClO2S/c1-4-10(5-2,9-11)7-6-8-14(3,12)13/h4-9H2,1-3H3. The summed E-state index contributed by atoms with van der Waals surface area (Å²) in [5.74, 6) is 0.912. The Balaban J connectivity index is 4.08. The molecule has 0 aromatic rings. The number of sulfone groups is 1. The van der Waals surface area contributed by atoms with Crippen LogP contribution in [0.2, 0.25) is 0 Å². The molecule has 0 atom stereocenters.